The fraction of sp³-hybridized carbons (Fsp3) is 0.389. The molecule has 0 unspecified atom stereocenters. The number of carbonyl (C=O) groups excluding carboxylic acids is 1. The summed E-state index contributed by atoms with van der Waals surface area (Å²) in [5, 5.41) is 7.68. The number of primary amides is 1. The lowest BCUT2D eigenvalue weighted by molar-refractivity contribution is -0.119. The number of ether oxygens (including phenoxy) is 1. The smallest absolute Gasteiger partial charge is 0.255 e. The van der Waals surface area contributed by atoms with E-state index in [1.807, 2.05) is 38.1 Å². The van der Waals surface area contributed by atoms with Crippen molar-refractivity contribution in [3.05, 3.63) is 45.4 Å². The largest absolute Gasteiger partial charge is 0.484 e. The minimum atomic E-state index is -0.485. The molecule has 1 heterocycles. The van der Waals surface area contributed by atoms with Crippen LogP contribution in [-0.4, -0.2) is 37.1 Å². The van der Waals surface area contributed by atoms with Crippen LogP contribution in [-0.2, 0) is 17.8 Å². The molecule has 0 saturated heterocycles. The minimum absolute atomic E-state index is 0. The van der Waals surface area contributed by atoms with Gasteiger partial charge in [0.15, 0.2) is 12.6 Å². The van der Waals surface area contributed by atoms with E-state index < -0.39 is 5.91 Å². The van der Waals surface area contributed by atoms with Crippen molar-refractivity contribution >= 4 is 47.2 Å². The number of aliphatic imine (C=N–C) groups is 1. The lowest BCUT2D eigenvalue weighted by Gasteiger charge is -2.11. The van der Waals surface area contributed by atoms with Crippen LogP contribution < -0.4 is 21.1 Å². The second-order valence-corrected chi connectivity index (χ2v) is 7.03. The molecule has 7 nitrogen and oxygen atoms in total. The average molecular weight is 503 g/mol. The predicted molar refractivity (Wildman–Crippen MR) is 120 cm³/mol. The summed E-state index contributed by atoms with van der Waals surface area (Å²) < 4.78 is 5.24. The maximum atomic E-state index is 10.7. The first-order valence-electron chi connectivity index (χ1n) is 8.35. The van der Waals surface area contributed by atoms with Crippen molar-refractivity contribution in [3.8, 4) is 5.75 Å². The molecule has 0 aliphatic rings. The van der Waals surface area contributed by atoms with Crippen LogP contribution in [0, 0.1) is 13.8 Å². The highest BCUT2D eigenvalue weighted by molar-refractivity contribution is 14.0. The van der Waals surface area contributed by atoms with Gasteiger partial charge in [-0.3, -0.25) is 9.79 Å². The number of hydrogen-bond donors (Lipinski definition) is 3. The van der Waals surface area contributed by atoms with E-state index in [1.54, 1.807) is 18.4 Å². The van der Waals surface area contributed by atoms with E-state index >= 15 is 0 Å². The van der Waals surface area contributed by atoms with E-state index in [-0.39, 0.29) is 30.6 Å². The number of nitrogens with zero attached hydrogens (tertiary/aromatic N) is 2. The van der Waals surface area contributed by atoms with Crippen molar-refractivity contribution in [2.45, 2.75) is 26.8 Å². The third-order valence-electron chi connectivity index (χ3n) is 3.65. The van der Waals surface area contributed by atoms with Crippen molar-refractivity contribution in [1.82, 2.24) is 15.6 Å². The van der Waals surface area contributed by atoms with Gasteiger partial charge in [-0.05, 0) is 38.0 Å². The molecule has 2 aromatic rings. The summed E-state index contributed by atoms with van der Waals surface area (Å²) in [7, 11) is 1.75. The van der Waals surface area contributed by atoms with E-state index in [9.17, 15) is 4.79 Å². The average Bonchev–Trinajstić information content (AvgIpc) is 2.94. The van der Waals surface area contributed by atoms with Crippen LogP contribution in [0.4, 0.5) is 0 Å². The molecular formula is C18H26IN5O2S. The number of halogens is 1. The molecule has 1 aromatic heterocycles. The molecule has 1 aromatic carbocycles. The summed E-state index contributed by atoms with van der Waals surface area (Å²) in [6, 6.07) is 7.61. The van der Waals surface area contributed by atoms with Crippen LogP contribution >= 0.6 is 35.3 Å². The highest BCUT2D eigenvalue weighted by atomic mass is 127. The third-order valence-corrected chi connectivity index (χ3v) is 4.72. The van der Waals surface area contributed by atoms with E-state index in [4.69, 9.17) is 10.5 Å². The second-order valence-electron chi connectivity index (χ2n) is 5.74. The van der Waals surface area contributed by atoms with Gasteiger partial charge in [0, 0.05) is 18.5 Å². The molecule has 0 aliphatic carbocycles. The molecule has 0 bridgehead atoms. The van der Waals surface area contributed by atoms with Crippen molar-refractivity contribution in [2.24, 2.45) is 10.7 Å². The lowest BCUT2D eigenvalue weighted by Crippen LogP contribution is -2.37. The number of rotatable bonds is 8. The van der Waals surface area contributed by atoms with Gasteiger partial charge in [-0.15, -0.1) is 35.3 Å². The van der Waals surface area contributed by atoms with Crippen LogP contribution in [0.5, 0.6) is 5.75 Å². The van der Waals surface area contributed by atoms with Gasteiger partial charge in [-0.2, -0.15) is 0 Å². The molecule has 2 rings (SSSR count). The molecule has 0 atom stereocenters. The number of benzene rings is 1. The Balaban J connectivity index is 0.00000364. The first kappa shape index (κ1) is 23.2. The topological polar surface area (TPSA) is 102 Å². The summed E-state index contributed by atoms with van der Waals surface area (Å²) in [4.78, 5) is 20.6. The van der Waals surface area contributed by atoms with E-state index in [1.165, 1.54) is 4.88 Å². The van der Waals surface area contributed by atoms with Crippen LogP contribution in [0.15, 0.2) is 29.3 Å². The zero-order chi connectivity index (χ0) is 18.9. The van der Waals surface area contributed by atoms with E-state index in [0.717, 1.165) is 35.2 Å². The first-order valence-corrected chi connectivity index (χ1v) is 9.17. The van der Waals surface area contributed by atoms with Crippen molar-refractivity contribution in [3.63, 3.8) is 0 Å². The standard InChI is InChI=1S/C18H25N5O2S.HI/c1-12-16(26-13(2)23-12)10-22-18(20-3)21-9-8-14-4-6-15(7-5-14)25-11-17(19)24;/h4-7H,8-11H2,1-3H3,(H2,19,24)(H2,20,21,22);1H. The van der Waals surface area contributed by atoms with Gasteiger partial charge >= 0.3 is 0 Å². The second kappa shape index (κ2) is 11.8. The molecule has 27 heavy (non-hydrogen) atoms. The number of carbonyl (C=O) groups is 1. The van der Waals surface area contributed by atoms with Crippen LogP contribution in [0.2, 0.25) is 0 Å². The maximum absolute atomic E-state index is 10.7. The Labute approximate surface area is 180 Å². The molecule has 0 saturated carbocycles. The Hall–Kier alpha value is -1.88. The van der Waals surface area contributed by atoms with Crippen LogP contribution in [0.25, 0.3) is 0 Å². The lowest BCUT2D eigenvalue weighted by atomic mass is 10.1. The summed E-state index contributed by atoms with van der Waals surface area (Å²) in [5.41, 5.74) is 7.28. The quantitative estimate of drug-likeness (QED) is 0.291. The number of amides is 1. The minimum Gasteiger partial charge on any atom is -0.484 e. The van der Waals surface area contributed by atoms with Crippen molar-refractivity contribution in [1.29, 1.82) is 0 Å². The summed E-state index contributed by atoms with van der Waals surface area (Å²) in [5.74, 6) is 0.908. The first-order chi connectivity index (χ1) is 12.5. The Bertz CT molecular complexity index is 762. The highest BCUT2D eigenvalue weighted by Gasteiger charge is 2.06. The number of hydrogen-bond acceptors (Lipinski definition) is 5. The molecule has 0 radical (unpaired) electrons. The number of nitrogens with two attached hydrogens (primary N) is 1. The van der Waals surface area contributed by atoms with E-state index in [2.05, 4.69) is 20.6 Å². The zero-order valence-corrected chi connectivity index (χ0v) is 18.9. The van der Waals surface area contributed by atoms with Crippen molar-refractivity contribution in [2.75, 3.05) is 20.2 Å². The third kappa shape index (κ3) is 8.12. The fourth-order valence-corrected chi connectivity index (χ4v) is 3.23. The SMILES string of the molecule is CN=C(NCCc1ccc(OCC(N)=O)cc1)NCc1sc(C)nc1C.I. The number of guanidine groups is 1. The Morgan fingerprint density at radius 3 is 2.52 bits per heavy atom. The Morgan fingerprint density at radius 1 is 1.26 bits per heavy atom. The van der Waals surface area contributed by atoms with Gasteiger partial charge in [0.2, 0.25) is 0 Å². The normalized spacial score (nSPS) is 10.9. The highest BCUT2D eigenvalue weighted by Crippen LogP contribution is 2.16. The molecular weight excluding hydrogens is 477 g/mol. The molecule has 148 valence electrons. The zero-order valence-electron chi connectivity index (χ0n) is 15.7. The fourth-order valence-electron chi connectivity index (χ4n) is 2.35. The predicted octanol–water partition coefficient (Wildman–Crippen LogP) is 2.15. The number of aromatic nitrogens is 1. The number of thiazole rings is 1. The van der Waals surface area contributed by atoms with Gasteiger partial charge in [0.1, 0.15) is 5.75 Å². The molecule has 1 amide bonds. The van der Waals surface area contributed by atoms with Gasteiger partial charge in [-0.25, -0.2) is 4.98 Å². The van der Waals surface area contributed by atoms with Crippen LogP contribution in [0.3, 0.4) is 0 Å². The van der Waals surface area contributed by atoms with E-state index in [0.29, 0.717) is 12.3 Å². The summed E-state index contributed by atoms with van der Waals surface area (Å²) in [6.45, 7) is 5.39. The maximum Gasteiger partial charge on any atom is 0.255 e. The Morgan fingerprint density at radius 2 is 1.96 bits per heavy atom. The number of nitrogens with one attached hydrogen (secondary N) is 2. The molecule has 0 fully saturated rings. The van der Waals surface area contributed by atoms with Gasteiger partial charge in [0.05, 0.1) is 17.2 Å². The van der Waals surface area contributed by atoms with Gasteiger partial charge < -0.3 is 21.1 Å². The number of aryl methyl sites for hydroxylation is 2. The molecule has 9 heteroatoms. The monoisotopic (exact) mass is 503 g/mol. The van der Waals surface area contributed by atoms with Crippen molar-refractivity contribution < 1.29 is 9.53 Å². The molecule has 0 spiro atoms. The molecule has 0 aliphatic heterocycles. The molecule has 4 N–H and O–H groups in total. The van der Waals surface area contributed by atoms with Gasteiger partial charge in [-0.1, -0.05) is 12.1 Å². The summed E-state index contributed by atoms with van der Waals surface area (Å²) in [6.07, 6.45) is 0.843. The summed E-state index contributed by atoms with van der Waals surface area (Å²) >= 11 is 1.70. The van der Waals surface area contributed by atoms with Gasteiger partial charge in [0.25, 0.3) is 5.91 Å². The Kier molecular flexibility index (Phi) is 10.1. The van der Waals surface area contributed by atoms with Crippen LogP contribution in [0.1, 0.15) is 21.1 Å².